The van der Waals surface area contributed by atoms with E-state index in [0.717, 1.165) is 6.42 Å². The van der Waals surface area contributed by atoms with Crippen molar-refractivity contribution in [2.75, 3.05) is 6.54 Å². The molecule has 2 amide bonds. The van der Waals surface area contributed by atoms with Gasteiger partial charge in [-0.3, -0.25) is 9.59 Å². The number of nitrogens with one attached hydrogen (secondary N) is 1. The zero-order chi connectivity index (χ0) is 23.1. The molecule has 0 spiro atoms. The molecule has 1 aliphatic carbocycles. The number of aliphatic hydroxyl groups excluding tert-OH is 1. The Morgan fingerprint density at radius 2 is 2.09 bits per heavy atom. The number of carbonyl (C=O) groups excluding carboxylic acids is 2. The number of aliphatic hydroxyl groups is 1. The minimum Gasteiger partial charge on any atom is -0.378 e. The molecule has 1 saturated heterocycles. The Morgan fingerprint density at radius 1 is 1.27 bits per heavy atom. The van der Waals surface area contributed by atoms with Crippen LogP contribution in [0.2, 0.25) is 5.02 Å². The molecule has 2 fully saturated rings. The van der Waals surface area contributed by atoms with Gasteiger partial charge in [0.05, 0.1) is 5.69 Å². The summed E-state index contributed by atoms with van der Waals surface area (Å²) in [6.07, 6.45) is 0.605. The Morgan fingerprint density at radius 3 is 2.85 bits per heavy atom. The lowest BCUT2D eigenvalue weighted by Crippen LogP contribution is -2.49. The van der Waals surface area contributed by atoms with Gasteiger partial charge in [0.15, 0.2) is 6.10 Å². The van der Waals surface area contributed by atoms with E-state index in [1.165, 1.54) is 34.1 Å². The standard InChI is InChI=1S/C22H20ClFN6O3/c23-14-5-6-18(30-11-26-27-28-30)12(7-14)9-25-21(32)19-16-8-13(16)10-29(19)22(33)20(31)15-3-1-2-4-17(15)24/h1-7,11,13,16,19-20,31H,8-10H2,(H,25,32)/t13-,16-,19+,20?/m1/s1. The molecule has 5 rings (SSSR count). The van der Waals surface area contributed by atoms with Crippen LogP contribution in [0.5, 0.6) is 0 Å². The van der Waals surface area contributed by atoms with E-state index >= 15 is 0 Å². The monoisotopic (exact) mass is 470 g/mol. The van der Waals surface area contributed by atoms with Crippen molar-refractivity contribution in [3.05, 3.63) is 70.8 Å². The Bertz CT molecular complexity index is 1210. The average Bonchev–Trinajstić information content (AvgIpc) is 3.21. The molecular weight excluding hydrogens is 451 g/mol. The van der Waals surface area contributed by atoms with Gasteiger partial charge in [-0.2, -0.15) is 0 Å². The molecule has 11 heteroatoms. The number of benzene rings is 2. The SMILES string of the molecule is O=C(NCc1cc(Cl)ccc1-n1cnnn1)[C@@H]1[C@@H]2C[C@@H]2CN1C(=O)C(O)c1ccccc1F. The van der Waals surface area contributed by atoms with E-state index in [0.29, 0.717) is 22.8 Å². The highest BCUT2D eigenvalue weighted by molar-refractivity contribution is 6.30. The molecule has 2 N–H and O–H groups in total. The summed E-state index contributed by atoms with van der Waals surface area (Å²) in [6, 6.07) is 10.0. The van der Waals surface area contributed by atoms with E-state index in [1.807, 2.05) is 0 Å². The van der Waals surface area contributed by atoms with Gasteiger partial charge in [0.1, 0.15) is 18.2 Å². The number of halogens is 2. The van der Waals surface area contributed by atoms with Gasteiger partial charge in [-0.05, 0) is 58.5 Å². The normalized spacial score (nSPS) is 22.0. The molecule has 1 aromatic heterocycles. The molecule has 170 valence electrons. The van der Waals surface area contributed by atoms with E-state index in [-0.39, 0.29) is 29.9 Å². The fourth-order valence-corrected chi connectivity index (χ4v) is 4.69. The average molecular weight is 471 g/mol. The Hall–Kier alpha value is -3.37. The van der Waals surface area contributed by atoms with Crippen molar-refractivity contribution in [2.45, 2.75) is 25.1 Å². The third-order valence-corrected chi connectivity index (χ3v) is 6.46. The van der Waals surface area contributed by atoms with Crippen LogP contribution in [0.25, 0.3) is 5.69 Å². The first-order valence-corrected chi connectivity index (χ1v) is 10.8. The summed E-state index contributed by atoms with van der Waals surface area (Å²) in [5.74, 6) is -1.44. The molecule has 1 saturated carbocycles. The maximum Gasteiger partial charge on any atom is 0.256 e. The Balaban J connectivity index is 1.32. The minimum absolute atomic E-state index is 0.0279. The summed E-state index contributed by atoms with van der Waals surface area (Å²) in [5, 5.41) is 25.0. The van der Waals surface area contributed by atoms with Crippen molar-refractivity contribution in [1.29, 1.82) is 0 Å². The first kappa shape index (κ1) is 21.5. The Kier molecular flexibility index (Phi) is 5.55. The van der Waals surface area contributed by atoms with Crippen molar-refractivity contribution >= 4 is 23.4 Å². The highest BCUT2D eigenvalue weighted by Gasteiger charge is 2.57. The number of likely N-dealkylation sites (tertiary alicyclic amines) is 1. The topological polar surface area (TPSA) is 113 Å². The van der Waals surface area contributed by atoms with Gasteiger partial charge in [0.25, 0.3) is 5.91 Å². The number of nitrogens with zero attached hydrogens (tertiary/aromatic N) is 5. The zero-order valence-electron chi connectivity index (χ0n) is 17.3. The number of tetrazole rings is 1. The molecule has 3 aromatic rings. The van der Waals surface area contributed by atoms with Crippen LogP contribution < -0.4 is 5.32 Å². The van der Waals surface area contributed by atoms with E-state index in [2.05, 4.69) is 20.8 Å². The maximum atomic E-state index is 14.1. The predicted octanol–water partition coefficient (Wildman–Crippen LogP) is 1.65. The summed E-state index contributed by atoms with van der Waals surface area (Å²) >= 11 is 6.14. The second-order valence-electron chi connectivity index (χ2n) is 8.26. The van der Waals surface area contributed by atoms with Crippen LogP contribution in [-0.2, 0) is 16.1 Å². The van der Waals surface area contributed by atoms with Gasteiger partial charge in [0.2, 0.25) is 5.91 Å². The molecule has 2 heterocycles. The summed E-state index contributed by atoms with van der Waals surface area (Å²) < 4.78 is 15.6. The number of hydrogen-bond donors (Lipinski definition) is 2. The van der Waals surface area contributed by atoms with Crippen LogP contribution in [-0.4, -0.2) is 54.6 Å². The first-order chi connectivity index (χ1) is 15.9. The lowest BCUT2D eigenvalue weighted by Gasteiger charge is -2.29. The van der Waals surface area contributed by atoms with E-state index in [1.54, 1.807) is 24.3 Å². The number of fused-ring (bicyclic) bond motifs is 1. The number of amides is 2. The lowest BCUT2D eigenvalue weighted by molar-refractivity contribution is -0.146. The molecular formula is C22H20ClFN6O3. The summed E-state index contributed by atoms with van der Waals surface area (Å²) in [6.45, 7) is 0.501. The number of hydrogen-bond acceptors (Lipinski definition) is 6. The van der Waals surface area contributed by atoms with E-state index < -0.39 is 23.9 Å². The molecule has 33 heavy (non-hydrogen) atoms. The molecule has 2 aliphatic rings. The van der Waals surface area contributed by atoms with Crippen LogP contribution in [0, 0.1) is 17.7 Å². The van der Waals surface area contributed by atoms with Crippen molar-refractivity contribution in [3.63, 3.8) is 0 Å². The van der Waals surface area contributed by atoms with Crippen LogP contribution >= 0.6 is 11.6 Å². The molecule has 4 atom stereocenters. The van der Waals surface area contributed by atoms with Crippen molar-refractivity contribution in [1.82, 2.24) is 30.4 Å². The molecule has 0 bridgehead atoms. The second-order valence-corrected chi connectivity index (χ2v) is 8.70. The number of aromatic nitrogens is 4. The fourth-order valence-electron chi connectivity index (χ4n) is 4.49. The fraction of sp³-hybridized carbons (Fsp3) is 0.318. The quantitative estimate of drug-likeness (QED) is 0.566. The Labute approximate surface area is 193 Å². The maximum absolute atomic E-state index is 14.1. The van der Waals surface area contributed by atoms with E-state index in [4.69, 9.17) is 11.6 Å². The smallest absolute Gasteiger partial charge is 0.256 e. The summed E-state index contributed by atoms with van der Waals surface area (Å²) in [5.41, 5.74) is 1.24. The summed E-state index contributed by atoms with van der Waals surface area (Å²) in [4.78, 5) is 27.5. The van der Waals surface area contributed by atoms with Crippen molar-refractivity contribution < 1.29 is 19.1 Å². The number of rotatable bonds is 6. The van der Waals surface area contributed by atoms with Gasteiger partial charge < -0.3 is 15.3 Å². The first-order valence-electron chi connectivity index (χ1n) is 10.5. The lowest BCUT2D eigenvalue weighted by atomic mass is 10.1. The molecule has 1 unspecified atom stereocenters. The van der Waals surface area contributed by atoms with Gasteiger partial charge >= 0.3 is 0 Å². The van der Waals surface area contributed by atoms with Crippen molar-refractivity contribution in [3.8, 4) is 5.69 Å². The van der Waals surface area contributed by atoms with Gasteiger partial charge in [-0.1, -0.05) is 29.8 Å². The molecule has 0 radical (unpaired) electrons. The molecule has 1 aliphatic heterocycles. The third-order valence-electron chi connectivity index (χ3n) is 6.23. The van der Waals surface area contributed by atoms with Crippen LogP contribution in [0.15, 0.2) is 48.8 Å². The number of piperidine rings is 1. The largest absolute Gasteiger partial charge is 0.378 e. The van der Waals surface area contributed by atoms with Gasteiger partial charge in [-0.25, -0.2) is 9.07 Å². The van der Waals surface area contributed by atoms with Crippen LogP contribution in [0.3, 0.4) is 0 Å². The van der Waals surface area contributed by atoms with Gasteiger partial charge in [-0.15, -0.1) is 5.10 Å². The third kappa shape index (κ3) is 4.07. The van der Waals surface area contributed by atoms with Crippen molar-refractivity contribution in [2.24, 2.45) is 11.8 Å². The predicted molar refractivity (Wildman–Crippen MR) is 114 cm³/mol. The minimum atomic E-state index is -1.67. The highest BCUT2D eigenvalue weighted by Crippen LogP contribution is 2.50. The molecule has 2 aromatic carbocycles. The van der Waals surface area contributed by atoms with Crippen LogP contribution in [0.1, 0.15) is 23.7 Å². The number of carbonyl (C=O) groups is 2. The van der Waals surface area contributed by atoms with Gasteiger partial charge in [0, 0.05) is 23.7 Å². The van der Waals surface area contributed by atoms with E-state index in [9.17, 15) is 19.1 Å². The van der Waals surface area contributed by atoms with Crippen LogP contribution in [0.4, 0.5) is 4.39 Å². The highest BCUT2D eigenvalue weighted by atomic mass is 35.5. The zero-order valence-corrected chi connectivity index (χ0v) is 18.1. The molecule has 9 nitrogen and oxygen atoms in total. The second kappa shape index (κ2) is 8.53. The summed E-state index contributed by atoms with van der Waals surface area (Å²) in [7, 11) is 0.